The number of rotatable bonds is 6. The molecule has 0 spiro atoms. The van der Waals surface area contributed by atoms with Gasteiger partial charge in [-0.1, -0.05) is 33.1 Å². The third kappa shape index (κ3) is 2.78. The first-order valence-corrected chi connectivity index (χ1v) is 6.96. The van der Waals surface area contributed by atoms with Crippen LogP contribution < -0.4 is 5.32 Å². The van der Waals surface area contributed by atoms with Crippen LogP contribution in [0.25, 0.3) is 0 Å². The van der Waals surface area contributed by atoms with Gasteiger partial charge in [0.15, 0.2) is 0 Å². The molecule has 96 valence electrons. The van der Waals surface area contributed by atoms with Crippen molar-refractivity contribution >= 4 is 0 Å². The second kappa shape index (κ2) is 6.61. The Labute approximate surface area is 101 Å². The molecule has 0 radical (unpaired) electrons. The molecular weight excluding hydrogens is 198 g/mol. The topological polar surface area (TPSA) is 21.3 Å². The summed E-state index contributed by atoms with van der Waals surface area (Å²) in [6.07, 6.45) is 9.16. The van der Waals surface area contributed by atoms with Crippen LogP contribution in [-0.4, -0.2) is 25.8 Å². The number of likely N-dealkylation sites (N-methyl/N-ethyl adjacent to an activating group) is 1. The summed E-state index contributed by atoms with van der Waals surface area (Å²) in [5, 5.41) is 3.54. The molecule has 1 N–H and O–H groups in total. The van der Waals surface area contributed by atoms with E-state index in [0.717, 1.165) is 18.8 Å². The molecule has 0 aromatic rings. The van der Waals surface area contributed by atoms with E-state index in [2.05, 4.69) is 26.2 Å². The first kappa shape index (κ1) is 14.0. The van der Waals surface area contributed by atoms with Gasteiger partial charge in [-0.15, -0.1) is 0 Å². The Hall–Kier alpha value is -0.0800. The van der Waals surface area contributed by atoms with Gasteiger partial charge in [0.25, 0.3) is 0 Å². The Morgan fingerprint density at radius 1 is 1.19 bits per heavy atom. The summed E-state index contributed by atoms with van der Waals surface area (Å²) in [5.74, 6) is 0.804. The highest BCUT2D eigenvalue weighted by molar-refractivity contribution is 4.95. The highest BCUT2D eigenvalue weighted by Crippen LogP contribution is 2.35. The van der Waals surface area contributed by atoms with Crippen LogP contribution in [0.15, 0.2) is 0 Å². The Kier molecular flexibility index (Phi) is 5.77. The molecular formula is C14H29NO. The number of hydrogen-bond acceptors (Lipinski definition) is 2. The molecule has 0 aromatic carbocycles. The molecule has 0 aromatic heterocycles. The number of hydrogen-bond donors (Lipinski definition) is 1. The molecule has 1 aliphatic carbocycles. The summed E-state index contributed by atoms with van der Waals surface area (Å²) in [6.45, 7) is 4.50. The van der Waals surface area contributed by atoms with E-state index < -0.39 is 0 Å². The van der Waals surface area contributed by atoms with Crippen molar-refractivity contribution in [2.75, 3.05) is 14.2 Å². The highest BCUT2D eigenvalue weighted by atomic mass is 16.5. The van der Waals surface area contributed by atoms with Crippen LogP contribution in [0.5, 0.6) is 0 Å². The molecule has 1 unspecified atom stereocenters. The molecule has 2 heteroatoms. The van der Waals surface area contributed by atoms with E-state index in [4.69, 9.17) is 4.74 Å². The minimum atomic E-state index is 0.0384. The lowest BCUT2D eigenvalue weighted by atomic mass is 9.74. The average Bonchev–Trinajstić information content (AvgIpc) is 2.37. The second-order valence-electron chi connectivity index (χ2n) is 5.14. The van der Waals surface area contributed by atoms with Crippen molar-refractivity contribution in [1.82, 2.24) is 5.32 Å². The summed E-state index contributed by atoms with van der Waals surface area (Å²) < 4.78 is 5.88. The van der Waals surface area contributed by atoms with Crippen LogP contribution in [0.2, 0.25) is 0 Å². The van der Waals surface area contributed by atoms with Crippen molar-refractivity contribution in [3.63, 3.8) is 0 Å². The molecule has 2 nitrogen and oxygen atoms in total. The standard InChI is InChI=1S/C14H29NO/c1-5-14(6-2,16-4)13(15-3)12-10-8-7-9-11-12/h12-13,15H,5-11H2,1-4H3. The van der Waals surface area contributed by atoms with Crippen molar-refractivity contribution in [3.8, 4) is 0 Å². The molecule has 0 aliphatic heterocycles. The zero-order valence-electron chi connectivity index (χ0n) is 11.5. The van der Waals surface area contributed by atoms with Gasteiger partial charge in [-0.2, -0.15) is 0 Å². The molecule has 1 atom stereocenters. The summed E-state index contributed by atoms with van der Waals surface area (Å²) in [7, 11) is 3.97. The lowest BCUT2D eigenvalue weighted by molar-refractivity contribution is -0.0650. The number of nitrogens with one attached hydrogen (secondary N) is 1. The molecule has 0 saturated heterocycles. The maximum absolute atomic E-state index is 5.88. The van der Waals surface area contributed by atoms with Crippen LogP contribution in [-0.2, 0) is 4.74 Å². The van der Waals surface area contributed by atoms with E-state index in [0.29, 0.717) is 6.04 Å². The molecule has 0 heterocycles. The van der Waals surface area contributed by atoms with Gasteiger partial charge in [0.2, 0.25) is 0 Å². The van der Waals surface area contributed by atoms with Crippen LogP contribution in [0.1, 0.15) is 58.8 Å². The van der Waals surface area contributed by atoms with Crippen molar-refractivity contribution in [2.45, 2.75) is 70.4 Å². The van der Waals surface area contributed by atoms with Crippen molar-refractivity contribution in [1.29, 1.82) is 0 Å². The maximum atomic E-state index is 5.88. The zero-order chi connectivity index (χ0) is 12.0. The Morgan fingerprint density at radius 2 is 1.75 bits per heavy atom. The van der Waals surface area contributed by atoms with Gasteiger partial charge in [0.1, 0.15) is 0 Å². The largest absolute Gasteiger partial charge is 0.377 e. The quantitative estimate of drug-likeness (QED) is 0.751. The second-order valence-corrected chi connectivity index (χ2v) is 5.14. The summed E-state index contributed by atoms with van der Waals surface area (Å²) >= 11 is 0. The van der Waals surface area contributed by atoms with E-state index in [1.807, 2.05) is 7.11 Å². The van der Waals surface area contributed by atoms with Gasteiger partial charge in [-0.25, -0.2) is 0 Å². The van der Waals surface area contributed by atoms with Crippen LogP contribution >= 0.6 is 0 Å². The Bertz CT molecular complexity index is 175. The van der Waals surface area contributed by atoms with Gasteiger partial charge in [0, 0.05) is 13.2 Å². The van der Waals surface area contributed by atoms with E-state index in [1.54, 1.807) is 0 Å². The SMILES string of the molecule is CCC(CC)(OC)C(NC)C1CCCCC1. The fourth-order valence-electron chi connectivity index (χ4n) is 3.50. The molecule has 0 bridgehead atoms. The number of ether oxygens (including phenoxy) is 1. The van der Waals surface area contributed by atoms with Crippen molar-refractivity contribution < 1.29 is 4.74 Å². The lowest BCUT2D eigenvalue weighted by Crippen LogP contribution is -2.54. The van der Waals surface area contributed by atoms with Crippen molar-refractivity contribution in [3.05, 3.63) is 0 Å². The average molecular weight is 227 g/mol. The Balaban J connectivity index is 2.76. The van der Waals surface area contributed by atoms with E-state index in [9.17, 15) is 0 Å². The summed E-state index contributed by atoms with van der Waals surface area (Å²) in [5.41, 5.74) is 0.0384. The molecule has 0 amide bonds. The summed E-state index contributed by atoms with van der Waals surface area (Å²) in [4.78, 5) is 0. The molecule has 1 aliphatic rings. The lowest BCUT2D eigenvalue weighted by Gasteiger charge is -2.44. The van der Waals surface area contributed by atoms with Crippen molar-refractivity contribution in [2.24, 2.45) is 5.92 Å². The first-order valence-electron chi connectivity index (χ1n) is 6.96. The smallest absolute Gasteiger partial charge is 0.0828 e. The monoisotopic (exact) mass is 227 g/mol. The zero-order valence-corrected chi connectivity index (χ0v) is 11.5. The minimum Gasteiger partial charge on any atom is -0.377 e. The van der Waals surface area contributed by atoms with Gasteiger partial charge in [-0.05, 0) is 38.6 Å². The van der Waals surface area contributed by atoms with Crippen LogP contribution in [0.4, 0.5) is 0 Å². The van der Waals surface area contributed by atoms with Gasteiger partial charge in [-0.3, -0.25) is 0 Å². The third-order valence-electron chi connectivity index (χ3n) is 4.60. The fraction of sp³-hybridized carbons (Fsp3) is 1.00. The van der Waals surface area contributed by atoms with E-state index in [-0.39, 0.29) is 5.60 Å². The number of methoxy groups -OCH3 is 1. The van der Waals surface area contributed by atoms with Gasteiger partial charge < -0.3 is 10.1 Å². The minimum absolute atomic E-state index is 0.0384. The maximum Gasteiger partial charge on any atom is 0.0828 e. The normalized spacial score (nSPS) is 21.0. The fourth-order valence-corrected chi connectivity index (χ4v) is 3.50. The van der Waals surface area contributed by atoms with Gasteiger partial charge >= 0.3 is 0 Å². The van der Waals surface area contributed by atoms with Crippen LogP contribution in [0, 0.1) is 5.92 Å². The van der Waals surface area contributed by atoms with Crippen LogP contribution in [0.3, 0.4) is 0 Å². The Morgan fingerprint density at radius 3 is 2.12 bits per heavy atom. The first-order chi connectivity index (χ1) is 7.74. The predicted octanol–water partition coefficient (Wildman–Crippen LogP) is 3.36. The predicted molar refractivity (Wildman–Crippen MR) is 69.7 cm³/mol. The third-order valence-corrected chi connectivity index (χ3v) is 4.60. The summed E-state index contributed by atoms with van der Waals surface area (Å²) in [6, 6.07) is 0.521. The molecule has 1 rings (SSSR count). The van der Waals surface area contributed by atoms with Gasteiger partial charge in [0.05, 0.1) is 5.60 Å². The van der Waals surface area contributed by atoms with E-state index in [1.165, 1.54) is 32.1 Å². The van der Waals surface area contributed by atoms with E-state index >= 15 is 0 Å². The molecule has 1 saturated carbocycles. The molecule has 16 heavy (non-hydrogen) atoms. The molecule has 1 fully saturated rings. The highest BCUT2D eigenvalue weighted by Gasteiger charge is 2.39.